The van der Waals surface area contributed by atoms with Gasteiger partial charge < -0.3 is 24.2 Å². The van der Waals surface area contributed by atoms with E-state index in [4.69, 9.17) is 14.2 Å². The smallest absolute Gasteiger partial charge is 0.339 e. The Morgan fingerprint density at radius 3 is 3.04 bits per heavy atom. The first-order valence-electron chi connectivity index (χ1n) is 9.07. The van der Waals surface area contributed by atoms with Gasteiger partial charge in [0, 0.05) is 17.7 Å². The lowest BCUT2D eigenvalue weighted by atomic mass is 10.1. The van der Waals surface area contributed by atoms with E-state index >= 15 is 0 Å². The second-order valence-corrected chi connectivity index (χ2v) is 7.89. The van der Waals surface area contributed by atoms with Gasteiger partial charge in [-0.1, -0.05) is 6.07 Å². The zero-order valence-electron chi connectivity index (χ0n) is 15.1. The number of anilines is 2. The standard InChI is InChI=1S/C19H22N2O5S/c1-12-9-20-19(27-12)21-13(10-25-16-7-2-3-8-24-16)11-26-17-14(18(22)23)5-4-6-15(17)21/h4-6,9,13,16H,2-3,7-8,10-11H2,1H3,(H,22,23)/t13-,16?/m1/s1. The molecule has 1 aromatic carbocycles. The van der Waals surface area contributed by atoms with Crippen LogP contribution in [-0.4, -0.2) is 48.2 Å². The molecule has 144 valence electrons. The van der Waals surface area contributed by atoms with Crippen LogP contribution < -0.4 is 9.64 Å². The van der Waals surface area contributed by atoms with Crippen molar-refractivity contribution >= 4 is 28.1 Å². The molecule has 0 amide bonds. The largest absolute Gasteiger partial charge is 0.488 e. The summed E-state index contributed by atoms with van der Waals surface area (Å²) < 4.78 is 17.5. The van der Waals surface area contributed by atoms with Gasteiger partial charge >= 0.3 is 5.97 Å². The minimum atomic E-state index is -1.01. The van der Waals surface area contributed by atoms with E-state index in [-0.39, 0.29) is 17.9 Å². The summed E-state index contributed by atoms with van der Waals surface area (Å²) in [6.45, 7) is 3.46. The maximum atomic E-state index is 11.6. The fourth-order valence-corrected chi connectivity index (χ4v) is 4.23. The Bertz CT molecular complexity index is 818. The van der Waals surface area contributed by atoms with E-state index in [0.29, 0.717) is 24.7 Å². The number of benzene rings is 1. The summed E-state index contributed by atoms with van der Waals surface area (Å²) in [7, 11) is 0. The number of thiazole rings is 1. The van der Waals surface area contributed by atoms with Crippen LogP contribution in [0.3, 0.4) is 0 Å². The number of para-hydroxylation sites is 1. The average molecular weight is 390 g/mol. The highest BCUT2D eigenvalue weighted by Crippen LogP contribution is 2.42. The number of carboxylic acids is 1. The Morgan fingerprint density at radius 2 is 2.33 bits per heavy atom. The molecular formula is C19H22N2O5S. The highest BCUT2D eigenvalue weighted by Gasteiger charge is 2.34. The van der Waals surface area contributed by atoms with Crippen molar-refractivity contribution in [3.63, 3.8) is 0 Å². The lowest BCUT2D eigenvalue weighted by Crippen LogP contribution is -2.44. The van der Waals surface area contributed by atoms with Crippen LogP contribution in [-0.2, 0) is 9.47 Å². The molecule has 1 N–H and O–H groups in total. The van der Waals surface area contributed by atoms with Crippen LogP contribution in [0.2, 0.25) is 0 Å². The summed E-state index contributed by atoms with van der Waals surface area (Å²) >= 11 is 1.56. The maximum absolute atomic E-state index is 11.6. The Kier molecular flexibility index (Phi) is 5.29. The number of aromatic nitrogens is 1. The van der Waals surface area contributed by atoms with Gasteiger partial charge in [0.15, 0.2) is 17.2 Å². The van der Waals surface area contributed by atoms with E-state index in [0.717, 1.165) is 35.9 Å². The van der Waals surface area contributed by atoms with Crippen LogP contribution in [0.15, 0.2) is 24.4 Å². The van der Waals surface area contributed by atoms with Crippen molar-refractivity contribution in [1.29, 1.82) is 0 Å². The monoisotopic (exact) mass is 390 g/mol. The molecule has 8 heteroatoms. The minimum Gasteiger partial charge on any atom is -0.488 e. The number of hydrogen-bond donors (Lipinski definition) is 1. The Labute approximate surface area is 161 Å². The molecule has 0 bridgehead atoms. The number of aryl methyl sites for hydroxylation is 1. The fraction of sp³-hybridized carbons (Fsp3) is 0.474. The third-order valence-electron chi connectivity index (χ3n) is 4.70. The van der Waals surface area contributed by atoms with Crippen LogP contribution >= 0.6 is 11.3 Å². The topological polar surface area (TPSA) is 81.1 Å². The van der Waals surface area contributed by atoms with Gasteiger partial charge in [0.25, 0.3) is 0 Å². The molecule has 0 spiro atoms. The SMILES string of the molecule is Cc1cnc(N2c3cccc(C(=O)O)c3OC[C@H]2COC2CCCCO2)s1. The quantitative estimate of drug-likeness (QED) is 0.835. The average Bonchev–Trinajstić information content (AvgIpc) is 3.11. The summed E-state index contributed by atoms with van der Waals surface area (Å²) in [5, 5.41) is 10.3. The summed E-state index contributed by atoms with van der Waals surface area (Å²) in [4.78, 5) is 19.2. The van der Waals surface area contributed by atoms with Gasteiger partial charge in [0.2, 0.25) is 0 Å². The Balaban J connectivity index is 1.63. The van der Waals surface area contributed by atoms with Crippen molar-refractivity contribution in [3.8, 4) is 5.75 Å². The lowest BCUT2D eigenvalue weighted by molar-refractivity contribution is -0.165. The van der Waals surface area contributed by atoms with Crippen LogP contribution in [0.4, 0.5) is 10.8 Å². The number of carboxylic acid groups (broad SMARTS) is 1. The van der Waals surface area contributed by atoms with Crippen molar-refractivity contribution in [2.75, 3.05) is 24.7 Å². The summed E-state index contributed by atoms with van der Waals surface area (Å²) in [5.41, 5.74) is 0.856. The fourth-order valence-electron chi connectivity index (χ4n) is 3.38. The van der Waals surface area contributed by atoms with Crippen molar-refractivity contribution < 1.29 is 24.1 Å². The molecule has 1 unspecified atom stereocenters. The molecule has 1 saturated heterocycles. The molecule has 7 nitrogen and oxygen atoms in total. The predicted octanol–water partition coefficient (Wildman–Crippen LogP) is 3.59. The van der Waals surface area contributed by atoms with E-state index in [1.54, 1.807) is 23.5 Å². The first-order chi connectivity index (χ1) is 13.1. The van der Waals surface area contributed by atoms with Crippen molar-refractivity contribution in [2.45, 2.75) is 38.5 Å². The molecule has 2 aliphatic heterocycles. The van der Waals surface area contributed by atoms with Crippen LogP contribution in [0.5, 0.6) is 5.75 Å². The van der Waals surface area contributed by atoms with E-state index in [1.807, 2.05) is 24.1 Å². The zero-order chi connectivity index (χ0) is 18.8. The molecular weight excluding hydrogens is 368 g/mol. The molecule has 2 aromatic rings. The van der Waals surface area contributed by atoms with Gasteiger partial charge in [0.1, 0.15) is 12.2 Å². The Hall–Kier alpha value is -2.16. The van der Waals surface area contributed by atoms with E-state index in [2.05, 4.69) is 4.98 Å². The van der Waals surface area contributed by atoms with E-state index in [1.165, 1.54) is 0 Å². The molecule has 0 aliphatic carbocycles. The van der Waals surface area contributed by atoms with Gasteiger partial charge in [-0.2, -0.15) is 0 Å². The van der Waals surface area contributed by atoms with E-state index in [9.17, 15) is 9.90 Å². The number of hydrogen-bond acceptors (Lipinski definition) is 7. The first kappa shape index (κ1) is 18.2. The Morgan fingerprint density at radius 1 is 1.44 bits per heavy atom. The minimum absolute atomic E-state index is 0.113. The van der Waals surface area contributed by atoms with Crippen molar-refractivity contribution in [3.05, 3.63) is 34.8 Å². The normalized spacial score (nSPS) is 22.2. The predicted molar refractivity (Wildman–Crippen MR) is 101 cm³/mol. The van der Waals surface area contributed by atoms with Crippen molar-refractivity contribution in [2.24, 2.45) is 0 Å². The number of fused-ring (bicyclic) bond motifs is 1. The van der Waals surface area contributed by atoms with E-state index < -0.39 is 5.97 Å². The maximum Gasteiger partial charge on any atom is 0.339 e. The molecule has 0 radical (unpaired) electrons. The number of nitrogens with zero attached hydrogens (tertiary/aromatic N) is 2. The molecule has 0 saturated carbocycles. The number of aromatic carboxylic acids is 1. The van der Waals surface area contributed by atoms with Crippen LogP contribution in [0, 0.1) is 6.92 Å². The zero-order valence-corrected chi connectivity index (χ0v) is 15.9. The second kappa shape index (κ2) is 7.84. The molecule has 1 aromatic heterocycles. The second-order valence-electron chi connectivity index (χ2n) is 6.68. The van der Waals surface area contributed by atoms with Gasteiger partial charge in [-0.05, 0) is 38.3 Å². The summed E-state index contributed by atoms with van der Waals surface area (Å²) in [6.07, 6.45) is 4.70. The highest BCUT2D eigenvalue weighted by atomic mass is 32.1. The van der Waals surface area contributed by atoms with Gasteiger partial charge in [0.05, 0.1) is 18.3 Å². The van der Waals surface area contributed by atoms with Gasteiger partial charge in [-0.25, -0.2) is 9.78 Å². The number of rotatable bonds is 5. The first-order valence-corrected chi connectivity index (χ1v) is 9.89. The highest BCUT2D eigenvalue weighted by molar-refractivity contribution is 7.15. The molecule has 27 heavy (non-hydrogen) atoms. The third-order valence-corrected chi connectivity index (χ3v) is 5.61. The molecule has 2 aliphatic rings. The van der Waals surface area contributed by atoms with Crippen LogP contribution in [0.1, 0.15) is 34.5 Å². The number of carbonyl (C=O) groups is 1. The summed E-state index contributed by atoms with van der Waals surface area (Å²) in [6, 6.07) is 5.03. The lowest BCUT2D eigenvalue weighted by Gasteiger charge is -2.38. The molecule has 4 rings (SSSR count). The molecule has 3 heterocycles. The van der Waals surface area contributed by atoms with Crippen molar-refractivity contribution in [1.82, 2.24) is 4.98 Å². The molecule has 2 atom stereocenters. The number of ether oxygens (including phenoxy) is 3. The summed E-state index contributed by atoms with van der Waals surface area (Å²) in [5.74, 6) is -0.629. The third kappa shape index (κ3) is 3.78. The molecule has 1 fully saturated rings. The van der Waals surface area contributed by atoms with Crippen LogP contribution in [0.25, 0.3) is 0 Å². The van der Waals surface area contributed by atoms with Gasteiger partial charge in [-0.15, -0.1) is 11.3 Å². The van der Waals surface area contributed by atoms with Gasteiger partial charge in [-0.3, -0.25) is 0 Å².